The molecule has 0 amide bonds. The van der Waals surface area contributed by atoms with E-state index in [0.717, 1.165) is 35.2 Å². The molecule has 1 fully saturated rings. The number of hydrogen-bond acceptors (Lipinski definition) is 6. The first-order chi connectivity index (χ1) is 13.3. The Labute approximate surface area is 160 Å². The summed E-state index contributed by atoms with van der Waals surface area (Å²) in [5, 5.41) is 31.0. The highest BCUT2D eigenvalue weighted by molar-refractivity contribution is 6.28. The van der Waals surface area contributed by atoms with Crippen molar-refractivity contribution in [3.8, 4) is 0 Å². The van der Waals surface area contributed by atoms with E-state index in [4.69, 9.17) is 16.3 Å². The number of rotatable bonds is 3. The SMILES string of the molecule is OC(c1ccc(F)c(F)c1)C1OC(n2cc(F)c3cnc(Cl)nc32)C(O)C1O. The van der Waals surface area contributed by atoms with Crippen LogP contribution in [0.4, 0.5) is 13.2 Å². The van der Waals surface area contributed by atoms with Crippen LogP contribution in [0.25, 0.3) is 11.0 Å². The Morgan fingerprint density at radius 2 is 1.86 bits per heavy atom. The van der Waals surface area contributed by atoms with Gasteiger partial charge in [-0.2, -0.15) is 4.98 Å². The lowest BCUT2D eigenvalue weighted by Gasteiger charge is -2.21. The maximum Gasteiger partial charge on any atom is 0.224 e. The van der Waals surface area contributed by atoms with Crippen molar-refractivity contribution in [1.82, 2.24) is 14.5 Å². The highest BCUT2D eigenvalue weighted by atomic mass is 35.5. The highest BCUT2D eigenvalue weighted by Gasteiger charge is 2.47. The molecule has 4 rings (SSSR count). The summed E-state index contributed by atoms with van der Waals surface area (Å²) in [7, 11) is 0. The first-order valence-electron chi connectivity index (χ1n) is 8.11. The van der Waals surface area contributed by atoms with Gasteiger partial charge in [-0.05, 0) is 29.3 Å². The van der Waals surface area contributed by atoms with Crippen molar-refractivity contribution in [1.29, 1.82) is 0 Å². The molecule has 0 radical (unpaired) electrons. The Morgan fingerprint density at radius 3 is 2.57 bits per heavy atom. The molecular weight excluding hydrogens is 403 g/mol. The van der Waals surface area contributed by atoms with E-state index in [1.165, 1.54) is 0 Å². The highest BCUT2D eigenvalue weighted by Crippen LogP contribution is 2.38. The molecule has 1 aliphatic rings. The molecular formula is C17H13ClF3N3O4. The second kappa shape index (κ2) is 6.98. The molecule has 0 saturated carbocycles. The molecule has 1 saturated heterocycles. The van der Waals surface area contributed by atoms with Gasteiger partial charge in [0.15, 0.2) is 23.7 Å². The summed E-state index contributed by atoms with van der Waals surface area (Å²) in [4.78, 5) is 7.58. The molecule has 11 heteroatoms. The number of hydrogen-bond donors (Lipinski definition) is 3. The molecule has 148 valence electrons. The van der Waals surface area contributed by atoms with E-state index in [9.17, 15) is 28.5 Å². The van der Waals surface area contributed by atoms with Gasteiger partial charge in [-0.15, -0.1) is 0 Å². The van der Waals surface area contributed by atoms with Gasteiger partial charge in [-0.25, -0.2) is 18.2 Å². The van der Waals surface area contributed by atoms with Crippen molar-refractivity contribution >= 4 is 22.6 Å². The fourth-order valence-corrected chi connectivity index (χ4v) is 3.36. The zero-order valence-corrected chi connectivity index (χ0v) is 14.6. The fourth-order valence-electron chi connectivity index (χ4n) is 3.23. The van der Waals surface area contributed by atoms with Crippen LogP contribution in [0.2, 0.25) is 5.28 Å². The molecule has 1 aromatic carbocycles. The van der Waals surface area contributed by atoms with Crippen LogP contribution >= 0.6 is 11.6 Å². The van der Waals surface area contributed by atoms with Crippen LogP contribution in [-0.2, 0) is 4.74 Å². The molecule has 0 bridgehead atoms. The van der Waals surface area contributed by atoms with Crippen molar-refractivity contribution in [2.45, 2.75) is 30.6 Å². The predicted octanol–water partition coefficient (Wildman–Crippen LogP) is 1.85. The number of halogens is 4. The van der Waals surface area contributed by atoms with E-state index in [1.54, 1.807) is 0 Å². The summed E-state index contributed by atoms with van der Waals surface area (Å²) in [6, 6.07) is 2.70. The molecule has 3 heterocycles. The van der Waals surface area contributed by atoms with Gasteiger partial charge in [0.2, 0.25) is 5.28 Å². The van der Waals surface area contributed by atoms with Gasteiger partial charge in [-0.1, -0.05) is 6.07 Å². The Hall–Kier alpha value is -2.24. The molecule has 5 atom stereocenters. The minimum atomic E-state index is -1.61. The van der Waals surface area contributed by atoms with Crippen molar-refractivity contribution in [3.05, 3.63) is 58.9 Å². The van der Waals surface area contributed by atoms with Crippen molar-refractivity contribution in [2.75, 3.05) is 0 Å². The second-order valence-electron chi connectivity index (χ2n) is 6.35. The van der Waals surface area contributed by atoms with Gasteiger partial charge in [0, 0.05) is 12.4 Å². The number of aliphatic hydroxyl groups excluding tert-OH is 3. The quantitative estimate of drug-likeness (QED) is 0.564. The molecule has 0 spiro atoms. The number of aliphatic hydroxyl groups is 3. The first kappa shape index (κ1) is 19.1. The molecule has 3 N–H and O–H groups in total. The van der Waals surface area contributed by atoms with Crippen molar-refractivity contribution in [3.63, 3.8) is 0 Å². The molecule has 5 unspecified atom stereocenters. The van der Waals surface area contributed by atoms with Crippen LogP contribution in [-0.4, -0.2) is 48.2 Å². The zero-order chi connectivity index (χ0) is 20.2. The molecule has 3 aromatic rings. The molecule has 1 aliphatic heterocycles. The van der Waals surface area contributed by atoms with Gasteiger partial charge < -0.3 is 24.6 Å². The number of nitrogens with zero attached hydrogens (tertiary/aromatic N) is 3. The standard InChI is InChI=1S/C17H13ClF3N3O4/c18-17-22-4-7-10(21)5-24(15(7)23-17)16-13(27)12(26)14(28-16)11(25)6-1-2-8(19)9(20)3-6/h1-5,11-14,16,25-27H. The molecule has 28 heavy (non-hydrogen) atoms. The lowest BCUT2D eigenvalue weighted by Crippen LogP contribution is -2.34. The van der Waals surface area contributed by atoms with Gasteiger partial charge in [0.25, 0.3) is 0 Å². The Morgan fingerprint density at radius 1 is 1.11 bits per heavy atom. The van der Waals surface area contributed by atoms with Gasteiger partial charge in [-0.3, -0.25) is 0 Å². The Kier molecular flexibility index (Phi) is 4.76. The molecule has 7 nitrogen and oxygen atoms in total. The van der Waals surface area contributed by atoms with E-state index < -0.39 is 48.1 Å². The normalized spacial score (nSPS) is 26.1. The Bertz CT molecular complexity index is 1050. The van der Waals surface area contributed by atoms with E-state index in [0.29, 0.717) is 0 Å². The van der Waals surface area contributed by atoms with E-state index in [2.05, 4.69) is 9.97 Å². The number of benzene rings is 1. The third-order valence-corrected chi connectivity index (χ3v) is 4.82. The number of fused-ring (bicyclic) bond motifs is 1. The zero-order valence-electron chi connectivity index (χ0n) is 13.9. The average molecular weight is 416 g/mol. The second-order valence-corrected chi connectivity index (χ2v) is 6.69. The van der Waals surface area contributed by atoms with Crippen LogP contribution in [0.5, 0.6) is 0 Å². The van der Waals surface area contributed by atoms with E-state index >= 15 is 0 Å². The maximum absolute atomic E-state index is 14.1. The predicted molar refractivity (Wildman–Crippen MR) is 89.7 cm³/mol. The number of aromatic nitrogens is 3. The van der Waals surface area contributed by atoms with E-state index in [1.807, 2.05) is 0 Å². The summed E-state index contributed by atoms with van der Waals surface area (Å²) >= 11 is 5.74. The summed E-state index contributed by atoms with van der Waals surface area (Å²) in [5.41, 5.74) is -0.0542. The van der Waals surface area contributed by atoms with E-state index in [-0.39, 0.29) is 21.9 Å². The lowest BCUT2D eigenvalue weighted by atomic mass is 9.99. The summed E-state index contributed by atoms with van der Waals surface area (Å²) in [6.07, 6.45) is -5.35. The third kappa shape index (κ3) is 3.03. The topological polar surface area (TPSA) is 101 Å². The number of ether oxygens (including phenoxy) is 1. The average Bonchev–Trinajstić information content (AvgIpc) is 3.14. The summed E-state index contributed by atoms with van der Waals surface area (Å²) < 4.78 is 47.4. The monoisotopic (exact) mass is 415 g/mol. The minimum Gasteiger partial charge on any atom is -0.387 e. The van der Waals surface area contributed by atoms with Crippen LogP contribution in [0.1, 0.15) is 17.9 Å². The van der Waals surface area contributed by atoms with Crippen LogP contribution in [0.15, 0.2) is 30.6 Å². The lowest BCUT2D eigenvalue weighted by molar-refractivity contribution is -0.0850. The largest absolute Gasteiger partial charge is 0.387 e. The first-order valence-corrected chi connectivity index (χ1v) is 8.49. The Balaban J connectivity index is 1.68. The van der Waals surface area contributed by atoms with Crippen molar-refractivity contribution < 1.29 is 33.2 Å². The molecule has 0 aliphatic carbocycles. The summed E-state index contributed by atoms with van der Waals surface area (Å²) in [5.74, 6) is -3.00. The smallest absolute Gasteiger partial charge is 0.224 e. The van der Waals surface area contributed by atoms with Gasteiger partial charge in [0.05, 0.1) is 5.39 Å². The minimum absolute atomic E-state index is 0.0108. The van der Waals surface area contributed by atoms with Gasteiger partial charge >= 0.3 is 0 Å². The van der Waals surface area contributed by atoms with Crippen LogP contribution < -0.4 is 0 Å². The van der Waals surface area contributed by atoms with Gasteiger partial charge in [0.1, 0.15) is 30.1 Å². The fraction of sp³-hybridized carbons (Fsp3) is 0.294. The van der Waals surface area contributed by atoms with Crippen LogP contribution in [0.3, 0.4) is 0 Å². The third-order valence-electron chi connectivity index (χ3n) is 4.64. The summed E-state index contributed by atoms with van der Waals surface area (Å²) in [6.45, 7) is 0. The maximum atomic E-state index is 14.1. The van der Waals surface area contributed by atoms with Crippen molar-refractivity contribution in [2.24, 2.45) is 0 Å². The molecule has 2 aromatic heterocycles. The van der Waals surface area contributed by atoms with Crippen LogP contribution in [0, 0.1) is 17.5 Å².